The van der Waals surface area contributed by atoms with E-state index in [0.717, 1.165) is 21.5 Å². The van der Waals surface area contributed by atoms with Gasteiger partial charge in [-0.2, -0.15) is 9.99 Å². The lowest BCUT2D eigenvalue weighted by Crippen LogP contribution is -2.34. The molecule has 0 N–H and O–H groups in total. The number of nitrogens with zero attached hydrogens (tertiary/aromatic N) is 3. The van der Waals surface area contributed by atoms with E-state index in [0.29, 0.717) is 11.6 Å². The third-order valence-corrected chi connectivity index (χ3v) is 4.40. The number of aromatic nitrogens is 1. The molecule has 1 aromatic carbocycles. The van der Waals surface area contributed by atoms with Gasteiger partial charge in [-0.25, -0.2) is 0 Å². The molecule has 0 saturated carbocycles. The molecule has 124 valence electrons. The summed E-state index contributed by atoms with van der Waals surface area (Å²) < 4.78 is 0.744. The lowest BCUT2D eigenvalue weighted by atomic mass is 10.1. The lowest BCUT2D eigenvalue weighted by molar-refractivity contribution is -0.645. The van der Waals surface area contributed by atoms with Crippen molar-refractivity contribution in [1.82, 2.24) is 0 Å². The van der Waals surface area contributed by atoms with Gasteiger partial charge in [-0.1, -0.05) is 6.07 Å². The molecule has 0 fully saturated rings. The summed E-state index contributed by atoms with van der Waals surface area (Å²) in [6.07, 6.45) is 1.67. The van der Waals surface area contributed by atoms with Gasteiger partial charge < -0.3 is 10.1 Å². The largest absolute Gasteiger partial charge is 0.618 e. The number of carbonyl (C=O) groups is 1. The maximum Gasteiger partial charge on any atom is 0.251 e. The van der Waals surface area contributed by atoms with Crippen LogP contribution in [0.4, 0.5) is 5.69 Å². The van der Waals surface area contributed by atoms with E-state index in [1.165, 1.54) is 18.0 Å². The van der Waals surface area contributed by atoms with Crippen molar-refractivity contribution in [2.24, 2.45) is 0 Å². The predicted octanol–water partition coefficient (Wildman–Crippen LogP) is 2.98. The zero-order valence-electron chi connectivity index (χ0n) is 13.7. The molecule has 5 nitrogen and oxygen atoms in total. The number of amides is 1. The molecule has 1 aromatic heterocycles. The first-order chi connectivity index (χ1) is 11.5. The average molecular weight is 341 g/mol. The molecule has 0 aliphatic carbocycles. The van der Waals surface area contributed by atoms with E-state index >= 15 is 0 Å². The minimum Gasteiger partial charge on any atom is -0.618 e. The van der Waals surface area contributed by atoms with Crippen LogP contribution in [0.15, 0.2) is 47.6 Å². The Bertz CT molecular complexity index is 751. The number of hydrogen-bond acceptors (Lipinski definition) is 4. The van der Waals surface area contributed by atoms with Crippen LogP contribution in [-0.2, 0) is 4.79 Å². The molecule has 0 saturated heterocycles. The fourth-order valence-corrected chi connectivity index (χ4v) is 3.19. The summed E-state index contributed by atoms with van der Waals surface area (Å²) in [6, 6.07) is 13.1. The first-order valence-electron chi connectivity index (χ1n) is 7.58. The highest BCUT2D eigenvalue weighted by molar-refractivity contribution is 7.99. The van der Waals surface area contributed by atoms with Crippen LogP contribution in [-0.4, -0.2) is 18.2 Å². The molecule has 2 aromatic rings. The number of aryl methyl sites for hydroxylation is 2. The molecule has 6 heteroatoms. The normalized spacial score (nSPS) is 10.2. The Hall–Kier alpha value is -2.52. The average Bonchev–Trinajstić information content (AvgIpc) is 2.53. The number of benzene rings is 1. The van der Waals surface area contributed by atoms with Crippen LogP contribution in [0.2, 0.25) is 0 Å². The quantitative estimate of drug-likeness (QED) is 0.460. The maximum absolute atomic E-state index is 12.6. The SMILES string of the molecule is Cc1cc(C)cc(N(CCC#N)C(=O)CSc2cccc[n+]2[O-])c1. The fourth-order valence-electron chi connectivity index (χ4n) is 2.40. The molecule has 1 heterocycles. The Morgan fingerprint density at radius 2 is 2.00 bits per heavy atom. The van der Waals surface area contributed by atoms with Crippen molar-refractivity contribution in [1.29, 1.82) is 5.26 Å². The second kappa shape index (κ2) is 8.37. The Balaban J connectivity index is 2.16. The summed E-state index contributed by atoms with van der Waals surface area (Å²) in [4.78, 5) is 14.3. The fraction of sp³-hybridized carbons (Fsp3) is 0.278. The maximum atomic E-state index is 12.6. The molecule has 0 atom stereocenters. The summed E-state index contributed by atoms with van der Waals surface area (Å²) in [7, 11) is 0. The first-order valence-corrected chi connectivity index (χ1v) is 8.56. The van der Waals surface area contributed by atoms with Gasteiger partial charge in [-0.3, -0.25) is 4.79 Å². The minimum atomic E-state index is -0.121. The van der Waals surface area contributed by atoms with Crippen LogP contribution < -0.4 is 9.63 Å². The number of nitriles is 1. The second-order valence-corrected chi connectivity index (χ2v) is 6.45. The molecule has 24 heavy (non-hydrogen) atoms. The molecule has 0 aliphatic heterocycles. The van der Waals surface area contributed by atoms with Crippen LogP contribution in [0.25, 0.3) is 0 Å². The van der Waals surface area contributed by atoms with Crippen LogP contribution in [0, 0.1) is 30.4 Å². The standard InChI is InChI=1S/C18H19N3O2S/c1-14-10-15(2)12-16(11-14)20(8-5-7-19)17(22)13-24-18-6-3-4-9-21(18)23/h3-4,6,9-12H,5,8,13H2,1-2H3. The molecule has 0 unspecified atom stereocenters. The van der Waals surface area contributed by atoms with E-state index in [1.807, 2.05) is 32.0 Å². The van der Waals surface area contributed by atoms with Crippen molar-refractivity contribution < 1.29 is 9.52 Å². The first kappa shape index (κ1) is 17.8. The monoisotopic (exact) mass is 341 g/mol. The molecule has 0 aliphatic rings. The van der Waals surface area contributed by atoms with Gasteiger partial charge in [0.25, 0.3) is 5.03 Å². The van der Waals surface area contributed by atoms with Crippen molar-refractivity contribution in [3.63, 3.8) is 0 Å². The van der Waals surface area contributed by atoms with Gasteiger partial charge >= 0.3 is 0 Å². The third kappa shape index (κ3) is 4.74. The van der Waals surface area contributed by atoms with Crippen LogP contribution in [0.1, 0.15) is 17.5 Å². The number of anilines is 1. The van der Waals surface area contributed by atoms with Gasteiger partial charge in [-0.05, 0) is 54.9 Å². The van der Waals surface area contributed by atoms with Gasteiger partial charge in [0.05, 0.1) is 18.2 Å². The zero-order valence-corrected chi connectivity index (χ0v) is 14.5. The van der Waals surface area contributed by atoms with Crippen molar-refractivity contribution in [2.45, 2.75) is 25.3 Å². The molecule has 1 amide bonds. The number of carbonyl (C=O) groups excluding carboxylic acids is 1. The number of rotatable bonds is 6. The molecule has 2 rings (SSSR count). The smallest absolute Gasteiger partial charge is 0.251 e. The molecule has 0 bridgehead atoms. The van der Waals surface area contributed by atoms with Gasteiger partial charge in [0.1, 0.15) is 0 Å². The predicted molar refractivity (Wildman–Crippen MR) is 94.6 cm³/mol. The van der Waals surface area contributed by atoms with Gasteiger partial charge in [-0.15, -0.1) is 0 Å². The van der Waals surface area contributed by atoms with E-state index in [-0.39, 0.29) is 18.1 Å². The van der Waals surface area contributed by atoms with Crippen molar-refractivity contribution in [3.8, 4) is 6.07 Å². The summed E-state index contributed by atoms with van der Waals surface area (Å²) >= 11 is 1.20. The Labute approximate surface area is 146 Å². The van der Waals surface area contributed by atoms with E-state index in [9.17, 15) is 10.0 Å². The van der Waals surface area contributed by atoms with E-state index in [1.54, 1.807) is 23.1 Å². The highest BCUT2D eigenvalue weighted by atomic mass is 32.2. The topological polar surface area (TPSA) is 71.0 Å². The molecule has 0 spiro atoms. The van der Waals surface area contributed by atoms with E-state index < -0.39 is 0 Å². The minimum absolute atomic E-state index is 0.121. The van der Waals surface area contributed by atoms with Crippen LogP contribution >= 0.6 is 11.8 Å². The Kier molecular flexibility index (Phi) is 6.21. The van der Waals surface area contributed by atoms with Crippen molar-refractivity contribution >= 4 is 23.4 Å². The van der Waals surface area contributed by atoms with E-state index in [4.69, 9.17) is 5.26 Å². The third-order valence-electron chi connectivity index (χ3n) is 3.40. The van der Waals surface area contributed by atoms with Gasteiger partial charge in [0, 0.05) is 24.4 Å². The molecular weight excluding hydrogens is 322 g/mol. The Morgan fingerprint density at radius 1 is 1.29 bits per heavy atom. The van der Waals surface area contributed by atoms with Crippen LogP contribution in [0.5, 0.6) is 0 Å². The van der Waals surface area contributed by atoms with Gasteiger partial charge in [0.15, 0.2) is 6.20 Å². The number of pyridine rings is 1. The summed E-state index contributed by atoms with van der Waals surface area (Å²) in [5, 5.41) is 21.0. The molecular formula is C18H19N3O2S. The van der Waals surface area contributed by atoms with Gasteiger partial charge in [0.2, 0.25) is 5.91 Å². The van der Waals surface area contributed by atoms with Crippen LogP contribution in [0.3, 0.4) is 0 Å². The Morgan fingerprint density at radius 3 is 2.62 bits per heavy atom. The summed E-state index contributed by atoms with van der Waals surface area (Å²) in [6.45, 7) is 4.29. The summed E-state index contributed by atoms with van der Waals surface area (Å²) in [5.41, 5.74) is 2.91. The highest BCUT2D eigenvalue weighted by Crippen LogP contribution is 2.21. The highest BCUT2D eigenvalue weighted by Gasteiger charge is 2.18. The van der Waals surface area contributed by atoms with Crippen molar-refractivity contribution in [3.05, 3.63) is 58.9 Å². The summed E-state index contributed by atoms with van der Waals surface area (Å²) in [5.74, 6) is 0.0223. The van der Waals surface area contributed by atoms with Crippen molar-refractivity contribution in [2.75, 3.05) is 17.2 Å². The molecule has 0 radical (unpaired) electrons. The zero-order chi connectivity index (χ0) is 17.5. The van der Waals surface area contributed by atoms with E-state index in [2.05, 4.69) is 6.07 Å². The number of hydrogen-bond donors (Lipinski definition) is 0. The number of thioether (sulfide) groups is 1. The second-order valence-electron chi connectivity index (χ2n) is 5.45. The lowest BCUT2D eigenvalue weighted by Gasteiger charge is -2.22.